The zero-order chi connectivity index (χ0) is 8.97. The molecule has 1 amide bonds. The van der Waals surface area contributed by atoms with Gasteiger partial charge in [0.1, 0.15) is 5.82 Å². The number of nitrogens with two attached hydrogens (primary N) is 1. The van der Waals surface area contributed by atoms with Gasteiger partial charge in [-0.1, -0.05) is 0 Å². The average Bonchev–Trinajstić information content (AvgIpc) is 2.01. The van der Waals surface area contributed by atoms with E-state index in [0.29, 0.717) is 5.56 Å². The Morgan fingerprint density at radius 2 is 2.33 bits per heavy atom. The van der Waals surface area contributed by atoms with Crippen LogP contribution in [0.25, 0.3) is 6.08 Å². The van der Waals surface area contributed by atoms with Crippen LogP contribution < -0.4 is 5.73 Å². The Kier molecular flexibility index (Phi) is 2.53. The van der Waals surface area contributed by atoms with Crippen molar-refractivity contribution in [2.75, 3.05) is 0 Å². The van der Waals surface area contributed by atoms with E-state index in [9.17, 15) is 9.18 Å². The summed E-state index contributed by atoms with van der Waals surface area (Å²) in [5.74, 6) is -1.01. The second-order valence-electron chi connectivity index (χ2n) is 2.17. The van der Waals surface area contributed by atoms with Gasteiger partial charge in [0.15, 0.2) is 0 Å². The Balaban J connectivity index is 2.83. The van der Waals surface area contributed by atoms with Gasteiger partial charge in [0.2, 0.25) is 5.91 Å². The smallest absolute Gasteiger partial charge is 0.241 e. The molecule has 0 unspecified atom stereocenters. The second kappa shape index (κ2) is 3.61. The van der Waals surface area contributed by atoms with Crippen LogP contribution in [0, 0.1) is 5.82 Å². The number of pyridine rings is 1. The lowest BCUT2D eigenvalue weighted by Gasteiger charge is -1.90. The number of hydrogen-bond donors (Lipinski definition) is 1. The zero-order valence-electron chi connectivity index (χ0n) is 6.20. The average molecular weight is 166 g/mol. The summed E-state index contributed by atoms with van der Waals surface area (Å²) in [4.78, 5) is 13.9. The summed E-state index contributed by atoms with van der Waals surface area (Å²) in [5, 5.41) is 0. The third-order valence-electron chi connectivity index (χ3n) is 1.17. The maximum Gasteiger partial charge on any atom is 0.241 e. The molecule has 0 fully saturated rings. The molecule has 0 saturated carbocycles. The number of carbonyl (C=O) groups excluding carboxylic acids is 1. The standard InChI is InChI=1S/C8H7FN2O/c9-7-3-6(4-11-5-7)1-2-8(10)12/h1-5H,(H2,10,12). The van der Waals surface area contributed by atoms with E-state index >= 15 is 0 Å². The molecular formula is C8H7FN2O. The largest absolute Gasteiger partial charge is 0.366 e. The van der Waals surface area contributed by atoms with Crippen molar-refractivity contribution in [3.63, 3.8) is 0 Å². The Morgan fingerprint density at radius 3 is 2.92 bits per heavy atom. The van der Waals surface area contributed by atoms with Crippen LogP contribution in [-0.4, -0.2) is 10.9 Å². The first-order chi connectivity index (χ1) is 5.68. The molecule has 0 aliphatic rings. The van der Waals surface area contributed by atoms with Crippen LogP contribution in [0.4, 0.5) is 4.39 Å². The lowest BCUT2D eigenvalue weighted by Crippen LogP contribution is -2.05. The van der Waals surface area contributed by atoms with Gasteiger partial charge in [-0.25, -0.2) is 4.39 Å². The van der Waals surface area contributed by atoms with Gasteiger partial charge in [-0.2, -0.15) is 0 Å². The Labute approximate surface area is 68.7 Å². The molecule has 0 spiro atoms. The van der Waals surface area contributed by atoms with Crippen LogP contribution in [0.15, 0.2) is 24.5 Å². The maximum atomic E-state index is 12.5. The van der Waals surface area contributed by atoms with Crippen molar-refractivity contribution in [3.05, 3.63) is 35.9 Å². The van der Waals surface area contributed by atoms with E-state index in [-0.39, 0.29) is 0 Å². The van der Waals surface area contributed by atoms with Crippen LogP contribution in [-0.2, 0) is 4.79 Å². The number of nitrogens with zero attached hydrogens (tertiary/aromatic N) is 1. The first-order valence-electron chi connectivity index (χ1n) is 3.26. The summed E-state index contributed by atoms with van der Waals surface area (Å²) in [6.07, 6.45) is 5.07. The molecule has 0 aliphatic carbocycles. The quantitative estimate of drug-likeness (QED) is 0.658. The molecule has 0 aromatic carbocycles. The lowest BCUT2D eigenvalue weighted by molar-refractivity contribution is -0.113. The fraction of sp³-hybridized carbons (Fsp3) is 0. The van der Waals surface area contributed by atoms with E-state index in [4.69, 9.17) is 5.73 Å². The van der Waals surface area contributed by atoms with Crippen LogP contribution in [0.1, 0.15) is 5.56 Å². The Hall–Kier alpha value is -1.71. The fourth-order valence-corrected chi connectivity index (χ4v) is 0.698. The predicted octanol–water partition coefficient (Wildman–Crippen LogP) is 0.719. The highest BCUT2D eigenvalue weighted by Crippen LogP contribution is 2.02. The third-order valence-corrected chi connectivity index (χ3v) is 1.17. The lowest BCUT2D eigenvalue weighted by atomic mass is 10.2. The van der Waals surface area contributed by atoms with Crippen LogP contribution in [0.2, 0.25) is 0 Å². The minimum Gasteiger partial charge on any atom is -0.366 e. The monoisotopic (exact) mass is 166 g/mol. The highest BCUT2D eigenvalue weighted by atomic mass is 19.1. The van der Waals surface area contributed by atoms with Gasteiger partial charge in [0, 0.05) is 12.3 Å². The van der Waals surface area contributed by atoms with E-state index < -0.39 is 11.7 Å². The maximum absolute atomic E-state index is 12.5. The molecule has 2 N–H and O–H groups in total. The molecule has 1 aromatic rings. The predicted molar refractivity (Wildman–Crippen MR) is 42.4 cm³/mol. The molecule has 1 aromatic heterocycles. The molecule has 12 heavy (non-hydrogen) atoms. The van der Waals surface area contributed by atoms with Gasteiger partial charge in [-0.05, 0) is 17.7 Å². The van der Waals surface area contributed by atoms with Crippen molar-refractivity contribution in [2.24, 2.45) is 5.73 Å². The molecule has 4 heteroatoms. The molecule has 0 aliphatic heterocycles. The van der Waals surface area contributed by atoms with Crippen molar-refractivity contribution in [3.8, 4) is 0 Å². The molecule has 0 radical (unpaired) electrons. The van der Waals surface area contributed by atoms with Gasteiger partial charge in [0.05, 0.1) is 6.20 Å². The Bertz CT molecular complexity index is 323. The summed E-state index contributed by atoms with van der Waals surface area (Å²) >= 11 is 0. The van der Waals surface area contributed by atoms with Crippen LogP contribution in [0.5, 0.6) is 0 Å². The topological polar surface area (TPSA) is 56.0 Å². The van der Waals surface area contributed by atoms with Crippen LogP contribution >= 0.6 is 0 Å². The number of rotatable bonds is 2. The minimum atomic E-state index is -0.570. The summed E-state index contributed by atoms with van der Waals surface area (Å²) in [6, 6.07) is 1.26. The number of halogens is 1. The molecule has 3 nitrogen and oxygen atoms in total. The molecule has 1 rings (SSSR count). The Morgan fingerprint density at radius 1 is 1.58 bits per heavy atom. The van der Waals surface area contributed by atoms with Crippen LogP contribution in [0.3, 0.4) is 0 Å². The van der Waals surface area contributed by atoms with E-state index in [0.717, 1.165) is 12.3 Å². The molecule has 0 saturated heterocycles. The van der Waals surface area contributed by atoms with Gasteiger partial charge < -0.3 is 5.73 Å². The summed E-state index contributed by atoms with van der Waals surface area (Å²) in [7, 11) is 0. The first kappa shape index (κ1) is 8.39. The minimum absolute atomic E-state index is 0.443. The summed E-state index contributed by atoms with van der Waals surface area (Å²) in [5.41, 5.74) is 5.35. The number of carbonyl (C=O) groups is 1. The summed E-state index contributed by atoms with van der Waals surface area (Å²) in [6.45, 7) is 0. The highest BCUT2D eigenvalue weighted by Gasteiger charge is 1.91. The second-order valence-corrected chi connectivity index (χ2v) is 2.17. The van der Waals surface area contributed by atoms with Gasteiger partial charge in [-0.15, -0.1) is 0 Å². The van der Waals surface area contributed by atoms with E-state index in [2.05, 4.69) is 4.98 Å². The van der Waals surface area contributed by atoms with Crippen molar-refractivity contribution < 1.29 is 9.18 Å². The molecular weight excluding hydrogens is 159 g/mol. The fourth-order valence-electron chi connectivity index (χ4n) is 0.698. The van der Waals surface area contributed by atoms with Gasteiger partial charge >= 0.3 is 0 Å². The molecule has 0 atom stereocenters. The third kappa shape index (κ3) is 2.49. The van der Waals surface area contributed by atoms with Gasteiger partial charge in [-0.3, -0.25) is 9.78 Å². The first-order valence-corrected chi connectivity index (χ1v) is 3.26. The number of hydrogen-bond acceptors (Lipinski definition) is 2. The van der Waals surface area contributed by atoms with Gasteiger partial charge in [0.25, 0.3) is 0 Å². The number of primary amides is 1. The summed E-state index contributed by atoms with van der Waals surface area (Å²) < 4.78 is 12.5. The normalized spacial score (nSPS) is 10.4. The van der Waals surface area contributed by atoms with Crippen molar-refractivity contribution in [2.45, 2.75) is 0 Å². The molecule has 0 bridgehead atoms. The van der Waals surface area contributed by atoms with E-state index in [1.807, 2.05) is 0 Å². The number of aromatic nitrogens is 1. The van der Waals surface area contributed by atoms with Crippen molar-refractivity contribution >= 4 is 12.0 Å². The molecule has 62 valence electrons. The highest BCUT2D eigenvalue weighted by molar-refractivity contribution is 5.90. The SMILES string of the molecule is NC(=O)C=Cc1cncc(F)c1. The van der Waals surface area contributed by atoms with E-state index in [1.165, 1.54) is 18.3 Å². The van der Waals surface area contributed by atoms with E-state index in [1.54, 1.807) is 0 Å². The zero-order valence-corrected chi connectivity index (χ0v) is 6.20. The molecule has 1 heterocycles. The van der Waals surface area contributed by atoms with Crippen molar-refractivity contribution in [1.29, 1.82) is 0 Å². The number of amides is 1. The van der Waals surface area contributed by atoms with Crippen molar-refractivity contribution in [1.82, 2.24) is 4.98 Å².